The van der Waals surface area contributed by atoms with Gasteiger partial charge in [-0.15, -0.1) is 0 Å². The van der Waals surface area contributed by atoms with Crippen LogP contribution in [0.3, 0.4) is 0 Å². The van der Waals surface area contributed by atoms with Gasteiger partial charge in [-0.1, -0.05) is 44.2 Å². The molecule has 1 N–H and O–H groups in total. The zero-order valence-corrected chi connectivity index (χ0v) is 10.8. The Bertz CT molecular complexity index is 340. The van der Waals surface area contributed by atoms with Crippen molar-refractivity contribution in [2.45, 2.75) is 45.1 Å². The van der Waals surface area contributed by atoms with E-state index in [0.717, 1.165) is 19.4 Å². The molecule has 1 aromatic carbocycles. The molecule has 0 spiro atoms. The second-order valence-electron chi connectivity index (χ2n) is 4.52. The number of hydrogen-bond acceptors (Lipinski definition) is 2. The first-order chi connectivity index (χ1) is 8.27. The highest BCUT2D eigenvalue weighted by molar-refractivity contribution is 5.18. The Hall–Kier alpha value is -1.33. The molecule has 0 fully saturated rings. The summed E-state index contributed by atoms with van der Waals surface area (Å²) in [5.74, 6) is 0.572. The van der Waals surface area contributed by atoms with Crippen molar-refractivity contribution < 1.29 is 0 Å². The molecule has 0 aliphatic carbocycles. The number of rotatable bonds is 7. The smallest absolute Gasteiger partial charge is 0.0638 e. The van der Waals surface area contributed by atoms with Crippen LogP contribution in [0.2, 0.25) is 0 Å². The molecular weight excluding hydrogens is 208 g/mol. The van der Waals surface area contributed by atoms with E-state index in [2.05, 4.69) is 55.6 Å². The van der Waals surface area contributed by atoms with Crippen molar-refractivity contribution in [2.75, 3.05) is 6.54 Å². The molecule has 0 saturated heterocycles. The summed E-state index contributed by atoms with van der Waals surface area (Å²) in [7, 11) is 0. The first-order valence-corrected chi connectivity index (χ1v) is 6.43. The molecule has 2 atom stereocenters. The van der Waals surface area contributed by atoms with Crippen LogP contribution in [0.4, 0.5) is 0 Å². The molecule has 0 radical (unpaired) electrons. The average Bonchev–Trinajstić information content (AvgIpc) is 2.38. The fraction of sp³-hybridized carbons (Fsp3) is 0.533. The van der Waals surface area contributed by atoms with Crippen molar-refractivity contribution in [3.05, 3.63) is 35.9 Å². The highest BCUT2D eigenvalue weighted by Gasteiger charge is 2.07. The van der Waals surface area contributed by atoms with Gasteiger partial charge in [0.2, 0.25) is 0 Å². The normalized spacial score (nSPS) is 13.9. The Morgan fingerprint density at radius 1 is 1.29 bits per heavy atom. The van der Waals surface area contributed by atoms with Crippen LogP contribution in [-0.2, 0) is 0 Å². The summed E-state index contributed by atoms with van der Waals surface area (Å²) in [4.78, 5) is 0. The van der Waals surface area contributed by atoms with Crippen molar-refractivity contribution in [2.24, 2.45) is 0 Å². The number of nitrogens with one attached hydrogen (secondary N) is 1. The second kappa shape index (κ2) is 7.86. The van der Waals surface area contributed by atoms with Gasteiger partial charge in [-0.2, -0.15) is 5.26 Å². The standard InChI is InChI=1S/C15H22N2/c1-3-15(9-11-16)17-12-10-13(2)14-7-5-4-6-8-14/h4-8,13,15,17H,3,9-10,12H2,1-2H3/t13-,15-/m0/s1. The van der Waals surface area contributed by atoms with Crippen LogP contribution in [-0.4, -0.2) is 12.6 Å². The van der Waals surface area contributed by atoms with E-state index >= 15 is 0 Å². The molecule has 2 heteroatoms. The van der Waals surface area contributed by atoms with Crippen LogP contribution in [0.5, 0.6) is 0 Å². The van der Waals surface area contributed by atoms with Crippen molar-refractivity contribution in [3.63, 3.8) is 0 Å². The molecule has 1 rings (SSSR count). The molecule has 1 aromatic rings. The predicted molar refractivity (Wildman–Crippen MR) is 71.8 cm³/mol. The van der Waals surface area contributed by atoms with E-state index in [9.17, 15) is 0 Å². The molecule has 2 nitrogen and oxygen atoms in total. The van der Waals surface area contributed by atoms with E-state index in [1.807, 2.05) is 0 Å². The van der Waals surface area contributed by atoms with Crippen LogP contribution >= 0.6 is 0 Å². The van der Waals surface area contributed by atoms with Gasteiger partial charge in [0.15, 0.2) is 0 Å². The van der Waals surface area contributed by atoms with Gasteiger partial charge < -0.3 is 5.32 Å². The Labute approximate surface area is 105 Å². The number of nitrogens with zero attached hydrogens (tertiary/aromatic N) is 1. The molecule has 17 heavy (non-hydrogen) atoms. The summed E-state index contributed by atoms with van der Waals surface area (Å²) >= 11 is 0. The van der Waals surface area contributed by atoms with Gasteiger partial charge in [0.05, 0.1) is 12.5 Å². The lowest BCUT2D eigenvalue weighted by atomic mass is 9.98. The van der Waals surface area contributed by atoms with Crippen molar-refractivity contribution in [3.8, 4) is 6.07 Å². The van der Waals surface area contributed by atoms with Crippen LogP contribution in [0, 0.1) is 11.3 Å². The van der Waals surface area contributed by atoms with E-state index in [-0.39, 0.29) is 0 Å². The Morgan fingerprint density at radius 2 is 2.00 bits per heavy atom. The van der Waals surface area contributed by atoms with E-state index in [1.54, 1.807) is 0 Å². The van der Waals surface area contributed by atoms with Crippen LogP contribution in [0.25, 0.3) is 0 Å². The fourth-order valence-electron chi connectivity index (χ4n) is 1.92. The molecule has 0 aliphatic heterocycles. The topological polar surface area (TPSA) is 35.8 Å². The van der Waals surface area contributed by atoms with Crippen LogP contribution < -0.4 is 5.32 Å². The lowest BCUT2D eigenvalue weighted by molar-refractivity contribution is 0.483. The summed E-state index contributed by atoms with van der Waals surface area (Å²) in [6.45, 7) is 5.36. The Balaban J connectivity index is 2.29. The number of benzene rings is 1. The van der Waals surface area contributed by atoms with Gasteiger partial charge in [-0.25, -0.2) is 0 Å². The summed E-state index contributed by atoms with van der Waals surface area (Å²) in [5, 5.41) is 12.1. The van der Waals surface area contributed by atoms with Gasteiger partial charge in [0.1, 0.15) is 0 Å². The maximum atomic E-state index is 8.66. The van der Waals surface area contributed by atoms with E-state index in [4.69, 9.17) is 5.26 Å². The Kier molecular flexibility index (Phi) is 6.35. The SMILES string of the molecule is CC[C@@H](CC#N)NCC[C@H](C)c1ccccc1. The minimum Gasteiger partial charge on any atom is -0.313 e. The van der Waals surface area contributed by atoms with Crippen LogP contribution in [0.15, 0.2) is 30.3 Å². The monoisotopic (exact) mass is 230 g/mol. The molecule has 0 bridgehead atoms. The molecule has 92 valence electrons. The van der Waals surface area contributed by atoms with Crippen molar-refractivity contribution in [1.29, 1.82) is 5.26 Å². The molecule has 0 unspecified atom stereocenters. The van der Waals surface area contributed by atoms with Gasteiger partial charge >= 0.3 is 0 Å². The van der Waals surface area contributed by atoms with Crippen molar-refractivity contribution in [1.82, 2.24) is 5.32 Å². The largest absolute Gasteiger partial charge is 0.313 e. The third-order valence-electron chi connectivity index (χ3n) is 3.21. The minimum absolute atomic E-state index is 0.350. The van der Waals surface area contributed by atoms with Crippen molar-refractivity contribution >= 4 is 0 Å². The zero-order chi connectivity index (χ0) is 12.5. The highest BCUT2D eigenvalue weighted by Crippen LogP contribution is 2.17. The summed E-state index contributed by atoms with van der Waals surface area (Å²) < 4.78 is 0. The molecule has 0 amide bonds. The quantitative estimate of drug-likeness (QED) is 0.778. The maximum absolute atomic E-state index is 8.66. The molecular formula is C15H22N2. The minimum atomic E-state index is 0.350. The Morgan fingerprint density at radius 3 is 2.59 bits per heavy atom. The van der Waals surface area contributed by atoms with Crippen LogP contribution in [0.1, 0.15) is 44.6 Å². The van der Waals surface area contributed by atoms with Gasteiger partial charge in [0, 0.05) is 6.04 Å². The lowest BCUT2D eigenvalue weighted by Crippen LogP contribution is -2.29. The van der Waals surface area contributed by atoms with Gasteiger partial charge in [-0.05, 0) is 30.9 Å². The van der Waals surface area contributed by atoms with Gasteiger partial charge in [-0.3, -0.25) is 0 Å². The first-order valence-electron chi connectivity index (χ1n) is 6.43. The third kappa shape index (κ3) is 5.01. The first kappa shape index (κ1) is 13.7. The van der Waals surface area contributed by atoms with E-state index < -0.39 is 0 Å². The molecule has 0 aromatic heterocycles. The van der Waals surface area contributed by atoms with Gasteiger partial charge in [0.25, 0.3) is 0 Å². The van der Waals surface area contributed by atoms with E-state index in [1.165, 1.54) is 5.56 Å². The maximum Gasteiger partial charge on any atom is 0.0638 e. The molecule has 0 aliphatic rings. The highest BCUT2D eigenvalue weighted by atomic mass is 14.9. The number of nitriles is 1. The summed E-state index contributed by atoms with van der Waals surface area (Å²) in [5.41, 5.74) is 1.39. The summed E-state index contributed by atoms with van der Waals surface area (Å²) in [6.07, 6.45) is 2.75. The number of hydrogen-bond donors (Lipinski definition) is 1. The molecule has 0 heterocycles. The lowest BCUT2D eigenvalue weighted by Gasteiger charge is -2.16. The second-order valence-corrected chi connectivity index (χ2v) is 4.52. The zero-order valence-electron chi connectivity index (χ0n) is 10.8. The summed E-state index contributed by atoms with van der Waals surface area (Å²) in [6, 6.07) is 13.2. The average molecular weight is 230 g/mol. The molecule has 0 saturated carbocycles. The third-order valence-corrected chi connectivity index (χ3v) is 3.21. The fourth-order valence-corrected chi connectivity index (χ4v) is 1.92. The van der Waals surface area contributed by atoms with E-state index in [0.29, 0.717) is 18.4 Å². The predicted octanol–water partition coefficient (Wildman–Crippen LogP) is 3.46.